The molecule has 0 fully saturated rings. The van der Waals surface area contributed by atoms with Crippen molar-refractivity contribution in [2.45, 2.75) is 6.54 Å². The van der Waals surface area contributed by atoms with E-state index < -0.39 is 0 Å². The van der Waals surface area contributed by atoms with Crippen molar-refractivity contribution in [3.63, 3.8) is 0 Å². The van der Waals surface area contributed by atoms with Gasteiger partial charge in [0.1, 0.15) is 0 Å². The van der Waals surface area contributed by atoms with E-state index in [-0.39, 0.29) is 24.2 Å². The highest BCUT2D eigenvalue weighted by molar-refractivity contribution is 4.85. The molecular weight excluding hydrogens is 174 g/mol. The van der Waals surface area contributed by atoms with Gasteiger partial charge in [0, 0.05) is 30.1 Å². The second kappa shape index (κ2) is 4.13. The molecule has 7 nitrogen and oxygen atoms in total. The van der Waals surface area contributed by atoms with Crippen molar-refractivity contribution in [2.24, 2.45) is 5.11 Å². The Morgan fingerprint density at radius 3 is 3.00 bits per heavy atom. The molecule has 13 heavy (non-hydrogen) atoms. The van der Waals surface area contributed by atoms with Gasteiger partial charge in [0.25, 0.3) is 11.1 Å². The lowest BCUT2D eigenvalue weighted by molar-refractivity contribution is 0.577. The summed E-state index contributed by atoms with van der Waals surface area (Å²) in [6, 6.07) is 2.31. The van der Waals surface area contributed by atoms with Crippen LogP contribution >= 0.6 is 0 Å². The minimum absolute atomic E-state index is 0.135. The van der Waals surface area contributed by atoms with Gasteiger partial charge in [-0.05, 0) is 5.53 Å². The van der Waals surface area contributed by atoms with Gasteiger partial charge in [-0.25, -0.2) is 0 Å². The summed E-state index contributed by atoms with van der Waals surface area (Å²) < 4.78 is 1.09. The second-order valence-electron chi connectivity index (χ2n) is 2.25. The summed E-state index contributed by atoms with van der Waals surface area (Å²) in [5.74, 6) is 0. The molecule has 1 rings (SSSR count). The molecule has 0 amide bonds. The van der Waals surface area contributed by atoms with Gasteiger partial charge in [0.05, 0.1) is 0 Å². The van der Waals surface area contributed by atoms with Crippen LogP contribution in [0.15, 0.2) is 26.8 Å². The fourth-order valence-corrected chi connectivity index (χ4v) is 0.818. The summed E-state index contributed by atoms with van der Waals surface area (Å²) in [6.45, 7) is 0.315. The number of rotatable bonds is 3. The average molecular weight is 181 g/mol. The van der Waals surface area contributed by atoms with Crippen LogP contribution in [0.25, 0.3) is 10.4 Å². The van der Waals surface area contributed by atoms with Crippen LogP contribution in [0.3, 0.4) is 0 Å². The maximum atomic E-state index is 11.0. The van der Waals surface area contributed by atoms with Crippen molar-refractivity contribution >= 4 is 0 Å². The smallest absolute Gasteiger partial charge is 0.265 e. The molecule has 0 aliphatic carbocycles. The maximum absolute atomic E-state index is 11.0. The molecule has 0 aliphatic rings. The summed E-state index contributed by atoms with van der Waals surface area (Å²) in [5, 5.41) is 5.54. The topological polar surface area (TPSA) is 104 Å². The van der Waals surface area contributed by atoms with E-state index in [2.05, 4.69) is 15.1 Å². The SMILES string of the molecule is [N-]=[N+]=NCCn1[nH]c(=O)ccc1=O. The highest BCUT2D eigenvalue weighted by Crippen LogP contribution is 1.75. The third-order valence-electron chi connectivity index (χ3n) is 1.38. The Bertz CT molecular complexity index is 439. The van der Waals surface area contributed by atoms with Gasteiger partial charge in [-0.2, -0.15) is 0 Å². The summed E-state index contributed by atoms with van der Waals surface area (Å²) in [6.07, 6.45) is 0. The van der Waals surface area contributed by atoms with E-state index >= 15 is 0 Å². The van der Waals surface area contributed by atoms with Crippen LogP contribution in [0.4, 0.5) is 0 Å². The molecule has 7 heteroatoms. The quantitative estimate of drug-likeness (QED) is 0.398. The first-order valence-corrected chi connectivity index (χ1v) is 3.55. The highest BCUT2D eigenvalue weighted by Gasteiger charge is 1.93. The van der Waals surface area contributed by atoms with Crippen LogP contribution in [0.1, 0.15) is 0 Å². The van der Waals surface area contributed by atoms with E-state index in [9.17, 15) is 9.59 Å². The fourth-order valence-electron chi connectivity index (χ4n) is 0.818. The average Bonchev–Trinajstić information content (AvgIpc) is 2.11. The molecule has 1 N–H and O–H groups in total. The number of nitrogens with one attached hydrogen (secondary N) is 1. The summed E-state index contributed by atoms with van der Waals surface area (Å²) in [7, 11) is 0. The van der Waals surface area contributed by atoms with Gasteiger partial charge in [-0.3, -0.25) is 19.4 Å². The van der Waals surface area contributed by atoms with Crippen molar-refractivity contribution in [3.8, 4) is 0 Å². The zero-order chi connectivity index (χ0) is 9.68. The zero-order valence-electron chi connectivity index (χ0n) is 6.67. The second-order valence-corrected chi connectivity index (χ2v) is 2.25. The largest absolute Gasteiger partial charge is 0.268 e. The Balaban J connectivity index is 2.87. The van der Waals surface area contributed by atoms with Gasteiger partial charge >= 0.3 is 0 Å². The first kappa shape index (κ1) is 9.08. The van der Waals surface area contributed by atoms with Crippen molar-refractivity contribution in [3.05, 3.63) is 43.3 Å². The van der Waals surface area contributed by atoms with E-state index in [4.69, 9.17) is 5.53 Å². The molecule has 1 aromatic rings. The van der Waals surface area contributed by atoms with E-state index in [1.807, 2.05) is 0 Å². The normalized spacial score (nSPS) is 9.23. The molecule has 0 atom stereocenters. The van der Waals surface area contributed by atoms with Crippen LogP contribution in [-0.2, 0) is 6.54 Å². The van der Waals surface area contributed by atoms with E-state index in [0.29, 0.717) is 0 Å². The predicted molar refractivity (Wildman–Crippen MR) is 45.3 cm³/mol. The number of aromatic nitrogens is 2. The lowest BCUT2D eigenvalue weighted by atomic mass is 10.5. The Hall–Kier alpha value is -2.01. The van der Waals surface area contributed by atoms with Crippen molar-refractivity contribution in [2.75, 3.05) is 6.54 Å². The molecule has 0 radical (unpaired) electrons. The number of hydrogen-bond donors (Lipinski definition) is 1. The molecule has 68 valence electrons. The molecule has 0 unspecified atom stereocenters. The van der Waals surface area contributed by atoms with E-state index in [1.54, 1.807) is 0 Å². The molecule has 1 aromatic heterocycles. The van der Waals surface area contributed by atoms with Gasteiger partial charge in [-0.1, -0.05) is 5.11 Å². The first-order chi connectivity index (χ1) is 6.24. The minimum Gasteiger partial charge on any atom is -0.268 e. The van der Waals surface area contributed by atoms with E-state index in [1.165, 1.54) is 0 Å². The first-order valence-electron chi connectivity index (χ1n) is 3.55. The summed E-state index contributed by atoms with van der Waals surface area (Å²) in [4.78, 5) is 24.3. The third kappa shape index (κ3) is 2.49. The number of azide groups is 1. The third-order valence-corrected chi connectivity index (χ3v) is 1.38. The number of H-pyrrole nitrogens is 1. The number of nitrogens with zero attached hydrogens (tertiary/aromatic N) is 4. The van der Waals surface area contributed by atoms with Crippen molar-refractivity contribution in [1.82, 2.24) is 9.78 Å². The summed E-state index contributed by atoms with van der Waals surface area (Å²) >= 11 is 0. The van der Waals surface area contributed by atoms with Crippen LogP contribution in [-0.4, -0.2) is 16.3 Å². The van der Waals surface area contributed by atoms with Gasteiger partial charge < -0.3 is 0 Å². The lowest BCUT2D eigenvalue weighted by Gasteiger charge is -1.99. The van der Waals surface area contributed by atoms with Gasteiger partial charge in [0.2, 0.25) is 0 Å². The molecule has 0 saturated carbocycles. The predicted octanol–water partition coefficient (Wildman–Crippen LogP) is -0.153. The Labute approximate surface area is 72.2 Å². The zero-order valence-corrected chi connectivity index (χ0v) is 6.67. The van der Waals surface area contributed by atoms with Crippen molar-refractivity contribution in [1.29, 1.82) is 0 Å². The molecule has 0 saturated heterocycles. The van der Waals surface area contributed by atoms with Crippen molar-refractivity contribution < 1.29 is 0 Å². The number of hydrogen-bond acceptors (Lipinski definition) is 3. The lowest BCUT2D eigenvalue weighted by Crippen LogP contribution is -2.28. The van der Waals surface area contributed by atoms with Gasteiger partial charge in [0.15, 0.2) is 0 Å². The summed E-state index contributed by atoms with van der Waals surface area (Å²) in [5.41, 5.74) is 7.28. The molecule has 0 aromatic carbocycles. The Kier molecular flexibility index (Phi) is 2.88. The van der Waals surface area contributed by atoms with Crippen LogP contribution in [0.5, 0.6) is 0 Å². The standard InChI is InChI=1S/C6H7N5O2/c7-10-8-3-4-11-6(13)2-1-5(12)9-11/h1-2H,3-4H2,(H,9,12). The molecule has 1 heterocycles. The highest BCUT2D eigenvalue weighted by atomic mass is 16.1. The van der Waals surface area contributed by atoms with Crippen LogP contribution < -0.4 is 11.1 Å². The minimum atomic E-state index is -0.361. The monoisotopic (exact) mass is 181 g/mol. The molecular formula is C6H7N5O2. The molecule has 0 bridgehead atoms. The van der Waals surface area contributed by atoms with Gasteiger partial charge in [-0.15, -0.1) is 0 Å². The molecule has 0 spiro atoms. The van der Waals surface area contributed by atoms with Crippen LogP contribution in [0.2, 0.25) is 0 Å². The molecule has 0 aliphatic heterocycles. The number of aromatic amines is 1. The fraction of sp³-hybridized carbons (Fsp3) is 0.333. The Morgan fingerprint density at radius 1 is 1.54 bits per heavy atom. The van der Waals surface area contributed by atoms with E-state index in [0.717, 1.165) is 16.8 Å². The maximum Gasteiger partial charge on any atom is 0.265 e. The Morgan fingerprint density at radius 2 is 2.31 bits per heavy atom. The van der Waals surface area contributed by atoms with Crippen LogP contribution in [0, 0.1) is 0 Å².